The standard InChI is InChI=1S/C27H26N4O4S2/c1-34-19-13-12-17(21(14-19)35-2)15-28-30-23(32)16-36-27-29-25-24(20-10-6-7-11-22(20)37-25)26(33)31(27)18-8-4-3-5-9-18/h3-5,8-9,12-15H,6-7,10-11,16H2,1-2H3,(H,30,32)/b28-15-. The number of aryl methyl sites for hydroxylation is 2. The number of aromatic nitrogens is 2. The molecule has 2 heterocycles. The Hall–Kier alpha value is -3.63. The average molecular weight is 535 g/mol. The van der Waals surface area contributed by atoms with E-state index >= 15 is 0 Å². The molecule has 1 aliphatic rings. The zero-order chi connectivity index (χ0) is 25.8. The molecule has 0 aliphatic heterocycles. The van der Waals surface area contributed by atoms with E-state index in [9.17, 15) is 9.59 Å². The van der Waals surface area contributed by atoms with Gasteiger partial charge in [-0.15, -0.1) is 11.3 Å². The Morgan fingerprint density at radius 2 is 1.97 bits per heavy atom. The Labute approximate surface area is 222 Å². The molecule has 0 unspecified atom stereocenters. The smallest absolute Gasteiger partial charge is 0.267 e. The van der Waals surface area contributed by atoms with Gasteiger partial charge >= 0.3 is 0 Å². The van der Waals surface area contributed by atoms with Crippen molar-refractivity contribution < 1.29 is 14.3 Å². The highest BCUT2D eigenvalue weighted by molar-refractivity contribution is 7.99. The monoisotopic (exact) mass is 534 g/mol. The Morgan fingerprint density at radius 1 is 1.16 bits per heavy atom. The summed E-state index contributed by atoms with van der Waals surface area (Å²) in [6, 6.07) is 14.8. The van der Waals surface area contributed by atoms with Crippen molar-refractivity contribution in [1.29, 1.82) is 0 Å². The molecule has 2 aromatic carbocycles. The summed E-state index contributed by atoms with van der Waals surface area (Å²) in [4.78, 5) is 33.2. The lowest BCUT2D eigenvalue weighted by molar-refractivity contribution is -0.118. The molecular weight excluding hydrogens is 508 g/mol. The minimum Gasteiger partial charge on any atom is -0.497 e. The zero-order valence-corrected chi connectivity index (χ0v) is 22.2. The third kappa shape index (κ3) is 5.26. The van der Waals surface area contributed by atoms with Gasteiger partial charge in [0.15, 0.2) is 5.16 Å². The Bertz CT molecular complexity index is 1530. The number of ether oxygens (including phenoxy) is 2. The molecule has 0 fully saturated rings. The topological polar surface area (TPSA) is 94.8 Å². The molecule has 1 aliphatic carbocycles. The number of carbonyl (C=O) groups excluding carboxylic acids is 1. The van der Waals surface area contributed by atoms with Crippen molar-refractivity contribution >= 4 is 45.4 Å². The minimum absolute atomic E-state index is 0.0486. The number of nitrogens with one attached hydrogen (secondary N) is 1. The van der Waals surface area contributed by atoms with Gasteiger partial charge in [0.05, 0.1) is 37.3 Å². The van der Waals surface area contributed by atoms with Gasteiger partial charge in [-0.1, -0.05) is 30.0 Å². The molecule has 8 nitrogen and oxygen atoms in total. The summed E-state index contributed by atoms with van der Waals surface area (Å²) in [5.41, 5.74) is 5.03. The van der Waals surface area contributed by atoms with Crippen molar-refractivity contribution in [3.8, 4) is 17.2 Å². The lowest BCUT2D eigenvalue weighted by Gasteiger charge is -2.13. The van der Waals surface area contributed by atoms with Crippen LogP contribution >= 0.6 is 23.1 Å². The third-order valence-electron chi connectivity index (χ3n) is 6.14. The van der Waals surface area contributed by atoms with Crippen LogP contribution in [0.2, 0.25) is 0 Å². The van der Waals surface area contributed by atoms with Crippen molar-refractivity contribution in [2.75, 3.05) is 20.0 Å². The largest absolute Gasteiger partial charge is 0.497 e. The Morgan fingerprint density at radius 3 is 2.76 bits per heavy atom. The van der Waals surface area contributed by atoms with E-state index in [0.29, 0.717) is 22.2 Å². The second-order valence-electron chi connectivity index (χ2n) is 8.45. The minimum atomic E-state index is -0.312. The van der Waals surface area contributed by atoms with E-state index in [4.69, 9.17) is 14.5 Å². The summed E-state index contributed by atoms with van der Waals surface area (Å²) in [7, 11) is 3.14. The molecule has 0 bridgehead atoms. The second-order valence-corrected chi connectivity index (χ2v) is 10.5. The van der Waals surface area contributed by atoms with Crippen LogP contribution in [0.15, 0.2) is 63.6 Å². The highest BCUT2D eigenvalue weighted by Crippen LogP contribution is 2.35. The predicted octanol–water partition coefficient (Wildman–Crippen LogP) is 4.59. The summed E-state index contributed by atoms with van der Waals surface area (Å²) in [6.45, 7) is 0. The summed E-state index contributed by atoms with van der Waals surface area (Å²) >= 11 is 2.82. The number of para-hydroxylation sites is 1. The first-order chi connectivity index (χ1) is 18.1. The van der Waals surface area contributed by atoms with Crippen LogP contribution < -0.4 is 20.5 Å². The number of hydrazone groups is 1. The van der Waals surface area contributed by atoms with Gasteiger partial charge < -0.3 is 9.47 Å². The fourth-order valence-corrected chi connectivity index (χ4v) is 6.46. The molecule has 37 heavy (non-hydrogen) atoms. The fraction of sp³-hybridized carbons (Fsp3) is 0.259. The SMILES string of the molecule is COc1ccc(/C=N\NC(=O)CSc2nc3sc4c(c3c(=O)n2-c2ccccc2)CCCC4)c(OC)c1. The lowest BCUT2D eigenvalue weighted by atomic mass is 9.97. The molecule has 0 saturated heterocycles. The van der Waals surface area contributed by atoms with Gasteiger partial charge in [0, 0.05) is 16.5 Å². The van der Waals surface area contributed by atoms with Crippen molar-refractivity contribution in [3.05, 3.63) is 74.9 Å². The number of benzene rings is 2. The molecule has 2 aromatic heterocycles. The molecule has 10 heteroatoms. The maximum absolute atomic E-state index is 13.7. The van der Waals surface area contributed by atoms with Crippen molar-refractivity contribution in [3.63, 3.8) is 0 Å². The summed E-state index contributed by atoms with van der Waals surface area (Å²) in [6.07, 6.45) is 5.64. The first kappa shape index (κ1) is 25.0. The third-order valence-corrected chi connectivity index (χ3v) is 8.26. The van der Waals surface area contributed by atoms with E-state index in [2.05, 4.69) is 10.5 Å². The van der Waals surface area contributed by atoms with Crippen LogP contribution in [0.5, 0.6) is 11.5 Å². The molecule has 4 aromatic rings. The van der Waals surface area contributed by atoms with E-state index in [0.717, 1.165) is 47.2 Å². The van der Waals surface area contributed by atoms with Gasteiger partial charge in [-0.25, -0.2) is 10.4 Å². The van der Waals surface area contributed by atoms with Gasteiger partial charge in [0.1, 0.15) is 16.3 Å². The molecule has 5 rings (SSSR count). The normalized spacial score (nSPS) is 13.0. The van der Waals surface area contributed by atoms with Crippen molar-refractivity contribution in [2.45, 2.75) is 30.8 Å². The zero-order valence-electron chi connectivity index (χ0n) is 20.5. The van der Waals surface area contributed by atoms with Crippen LogP contribution in [0.25, 0.3) is 15.9 Å². The van der Waals surface area contributed by atoms with Gasteiger partial charge in [0.2, 0.25) is 0 Å². The fourth-order valence-electron chi connectivity index (χ4n) is 4.35. The van der Waals surface area contributed by atoms with Gasteiger partial charge in [-0.2, -0.15) is 5.10 Å². The van der Waals surface area contributed by atoms with Crippen molar-refractivity contribution in [1.82, 2.24) is 15.0 Å². The molecule has 0 radical (unpaired) electrons. The molecule has 1 amide bonds. The van der Waals surface area contributed by atoms with Gasteiger partial charge in [-0.3, -0.25) is 14.2 Å². The molecule has 0 saturated carbocycles. The summed E-state index contributed by atoms with van der Waals surface area (Å²) in [5, 5.41) is 5.27. The number of methoxy groups -OCH3 is 2. The van der Waals surface area contributed by atoms with E-state index in [1.165, 1.54) is 22.9 Å². The second kappa shape index (κ2) is 11.2. The Balaban J connectivity index is 1.38. The lowest BCUT2D eigenvalue weighted by Crippen LogP contribution is -2.24. The molecule has 1 N–H and O–H groups in total. The highest BCUT2D eigenvalue weighted by Gasteiger charge is 2.23. The molecule has 0 atom stereocenters. The number of nitrogens with zero attached hydrogens (tertiary/aromatic N) is 3. The maximum atomic E-state index is 13.7. The molecular formula is C27H26N4O4S2. The van der Waals surface area contributed by atoms with Crippen LogP contribution in [0.3, 0.4) is 0 Å². The molecule has 190 valence electrons. The van der Waals surface area contributed by atoms with Crippen molar-refractivity contribution in [2.24, 2.45) is 5.10 Å². The average Bonchev–Trinajstić information content (AvgIpc) is 3.31. The predicted molar refractivity (Wildman–Crippen MR) is 148 cm³/mol. The van der Waals surface area contributed by atoms with Crippen LogP contribution in [-0.4, -0.2) is 41.6 Å². The number of fused-ring (bicyclic) bond motifs is 3. The highest BCUT2D eigenvalue weighted by atomic mass is 32.2. The quantitative estimate of drug-likeness (QED) is 0.154. The number of carbonyl (C=O) groups is 1. The van der Waals surface area contributed by atoms with Crippen LogP contribution in [0, 0.1) is 0 Å². The van der Waals surface area contributed by atoms with Gasteiger partial charge in [-0.05, 0) is 55.5 Å². The Kier molecular flexibility index (Phi) is 7.57. The number of thioether (sulfide) groups is 1. The summed E-state index contributed by atoms with van der Waals surface area (Å²) < 4.78 is 12.2. The van der Waals surface area contributed by atoms with Crippen LogP contribution in [-0.2, 0) is 17.6 Å². The number of amides is 1. The number of rotatable bonds is 8. The number of hydrogen-bond donors (Lipinski definition) is 1. The first-order valence-electron chi connectivity index (χ1n) is 11.9. The maximum Gasteiger partial charge on any atom is 0.267 e. The van der Waals surface area contributed by atoms with E-state index < -0.39 is 0 Å². The first-order valence-corrected chi connectivity index (χ1v) is 13.7. The molecule has 0 spiro atoms. The van der Waals surface area contributed by atoms with E-state index in [1.807, 2.05) is 30.3 Å². The number of hydrogen-bond acceptors (Lipinski definition) is 8. The van der Waals surface area contributed by atoms with E-state index in [1.54, 1.807) is 48.3 Å². The summed E-state index contributed by atoms with van der Waals surface area (Å²) in [5.74, 6) is 0.977. The van der Waals surface area contributed by atoms with Gasteiger partial charge in [0.25, 0.3) is 11.5 Å². The van der Waals surface area contributed by atoms with Crippen LogP contribution in [0.4, 0.5) is 0 Å². The number of thiophene rings is 1. The van der Waals surface area contributed by atoms with Crippen LogP contribution in [0.1, 0.15) is 28.8 Å². The van der Waals surface area contributed by atoms with E-state index in [-0.39, 0.29) is 17.2 Å².